The van der Waals surface area contributed by atoms with Crippen LogP contribution >= 0.6 is 11.3 Å². The predicted octanol–water partition coefficient (Wildman–Crippen LogP) is 3.96. The second kappa shape index (κ2) is 6.42. The SMILES string of the molecule is CCc1ccsc1CNCc1cccc2c1CCCN2. The third-order valence-corrected chi connectivity index (χ3v) is 4.97. The van der Waals surface area contributed by atoms with Gasteiger partial charge in [-0.05, 0) is 53.5 Å². The minimum atomic E-state index is 0.964. The standard InChI is InChI=1S/C17H22N2S/c1-2-13-8-10-20-17(13)12-18-11-14-5-3-7-16-15(14)6-4-9-19-16/h3,5,7-8,10,18-19H,2,4,6,9,11-12H2,1H3. The lowest BCUT2D eigenvalue weighted by Gasteiger charge is -2.21. The van der Waals surface area contributed by atoms with Gasteiger partial charge < -0.3 is 10.6 Å². The highest BCUT2D eigenvalue weighted by atomic mass is 32.1. The highest BCUT2D eigenvalue weighted by molar-refractivity contribution is 7.10. The van der Waals surface area contributed by atoms with Crippen LogP contribution in [0.1, 0.15) is 34.9 Å². The van der Waals surface area contributed by atoms with Crippen molar-refractivity contribution in [2.24, 2.45) is 0 Å². The van der Waals surface area contributed by atoms with Crippen LogP contribution in [0.3, 0.4) is 0 Å². The third kappa shape index (κ3) is 2.89. The first-order valence-electron chi connectivity index (χ1n) is 7.49. The molecule has 0 atom stereocenters. The van der Waals surface area contributed by atoms with Crippen molar-refractivity contribution in [1.82, 2.24) is 5.32 Å². The van der Waals surface area contributed by atoms with Gasteiger partial charge >= 0.3 is 0 Å². The van der Waals surface area contributed by atoms with Crippen LogP contribution in [-0.2, 0) is 25.9 Å². The van der Waals surface area contributed by atoms with Crippen molar-refractivity contribution in [3.8, 4) is 0 Å². The number of aryl methyl sites for hydroxylation is 1. The zero-order chi connectivity index (χ0) is 13.8. The van der Waals surface area contributed by atoms with E-state index in [0.717, 1.165) is 26.1 Å². The molecular weight excluding hydrogens is 264 g/mol. The van der Waals surface area contributed by atoms with Gasteiger partial charge in [-0.25, -0.2) is 0 Å². The molecule has 3 heteroatoms. The number of hydrogen-bond donors (Lipinski definition) is 2. The highest BCUT2D eigenvalue weighted by Gasteiger charge is 2.12. The molecule has 2 N–H and O–H groups in total. The van der Waals surface area contributed by atoms with E-state index in [0.29, 0.717) is 0 Å². The zero-order valence-electron chi connectivity index (χ0n) is 12.0. The van der Waals surface area contributed by atoms with E-state index in [4.69, 9.17) is 0 Å². The van der Waals surface area contributed by atoms with Gasteiger partial charge in [0.25, 0.3) is 0 Å². The molecule has 0 amide bonds. The molecule has 20 heavy (non-hydrogen) atoms. The molecule has 0 radical (unpaired) electrons. The van der Waals surface area contributed by atoms with Gasteiger partial charge in [-0.3, -0.25) is 0 Å². The third-order valence-electron chi connectivity index (χ3n) is 4.01. The number of nitrogens with one attached hydrogen (secondary N) is 2. The summed E-state index contributed by atoms with van der Waals surface area (Å²) in [5.41, 5.74) is 5.78. The van der Waals surface area contributed by atoms with Gasteiger partial charge in [-0.1, -0.05) is 19.1 Å². The molecule has 2 heterocycles. The molecule has 0 unspecified atom stereocenters. The van der Waals surface area contributed by atoms with Crippen molar-refractivity contribution in [3.63, 3.8) is 0 Å². The number of thiophene rings is 1. The van der Waals surface area contributed by atoms with Crippen molar-refractivity contribution in [1.29, 1.82) is 0 Å². The zero-order valence-corrected chi connectivity index (χ0v) is 12.9. The van der Waals surface area contributed by atoms with Crippen molar-refractivity contribution in [2.45, 2.75) is 39.3 Å². The molecule has 0 saturated carbocycles. The van der Waals surface area contributed by atoms with Crippen molar-refractivity contribution < 1.29 is 0 Å². The monoisotopic (exact) mass is 286 g/mol. The van der Waals surface area contributed by atoms with E-state index in [-0.39, 0.29) is 0 Å². The van der Waals surface area contributed by atoms with Gasteiger partial charge in [0.1, 0.15) is 0 Å². The Morgan fingerprint density at radius 1 is 1.20 bits per heavy atom. The van der Waals surface area contributed by atoms with E-state index < -0.39 is 0 Å². The summed E-state index contributed by atoms with van der Waals surface area (Å²) < 4.78 is 0. The Kier molecular flexibility index (Phi) is 4.38. The van der Waals surface area contributed by atoms with Crippen molar-refractivity contribution in [3.05, 3.63) is 51.2 Å². The molecule has 0 bridgehead atoms. The Labute approximate surface area is 125 Å². The first kappa shape index (κ1) is 13.7. The summed E-state index contributed by atoms with van der Waals surface area (Å²) in [6.07, 6.45) is 3.58. The quantitative estimate of drug-likeness (QED) is 0.869. The number of anilines is 1. The molecule has 0 spiro atoms. The van der Waals surface area contributed by atoms with E-state index in [1.165, 1.54) is 40.1 Å². The van der Waals surface area contributed by atoms with E-state index in [2.05, 4.69) is 47.2 Å². The van der Waals surface area contributed by atoms with Crippen molar-refractivity contribution >= 4 is 17.0 Å². The lowest BCUT2D eigenvalue weighted by Crippen LogP contribution is -2.18. The number of hydrogen-bond acceptors (Lipinski definition) is 3. The summed E-state index contributed by atoms with van der Waals surface area (Å²) in [5, 5.41) is 9.31. The molecular formula is C17H22N2S. The van der Waals surface area contributed by atoms with Crippen LogP contribution in [0, 0.1) is 0 Å². The van der Waals surface area contributed by atoms with Gasteiger partial charge in [-0.2, -0.15) is 0 Å². The Hall–Kier alpha value is -1.32. The van der Waals surface area contributed by atoms with Crippen LogP contribution in [0.15, 0.2) is 29.6 Å². The van der Waals surface area contributed by atoms with Crippen molar-refractivity contribution in [2.75, 3.05) is 11.9 Å². The first-order chi connectivity index (χ1) is 9.88. The second-order valence-electron chi connectivity index (χ2n) is 5.30. The van der Waals surface area contributed by atoms with E-state index in [1.807, 2.05) is 11.3 Å². The van der Waals surface area contributed by atoms with E-state index in [9.17, 15) is 0 Å². The van der Waals surface area contributed by atoms with Crippen LogP contribution in [0.5, 0.6) is 0 Å². The molecule has 1 aromatic heterocycles. The molecule has 3 rings (SSSR count). The highest BCUT2D eigenvalue weighted by Crippen LogP contribution is 2.25. The maximum absolute atomic E-state index is 3.61. The summed E-state index contributed by atoms with van der Waals surface area (Å²) >= 11 is 1.86. The summed E-state index contributed by atoms with van der Waals surface area (Å²) in [7, 11) is 0. The van der Waals surface area contributed by atoms with Gasteiger partial charge in [0, 0.05) is 30.2 Å². The fraction of sp³-hybridized carbons (Fsp3) is 0.412. The summed E-state index contributed by atoms with van der Waals surface area (Å²) in [5.74, 6) is 0. The summed E-state index contributed by atoms with van der Waals surface area (Å²) in [6, 6.07) is 8.87. The second-order valence-corrected chi connectivity index (χ2v) is 6.30. The minimum absolute atomic E-state index is 0.964. The number of rotatable bonds is 5. The molecule has 1 aliphatic heterocycles. The molecule has 1 aliphatic rings. The molecule has 106 valence electrons. The van der Waals surface area contributed by atoms with E-state index >= 15 is 0 Å². The van der Waals surface area contributed by atoms with Crippen LogP contribution in [0.4, 0.5) is 5.69 Å². The van der Waals surface area contributed by atoms with Gasteiger partial charge in [0.2, 0.25) is 0 Å². The average molecular weight is 286 g/mol. The number of benzene rings is 1. The maximum Gasteiger partial charge on any atom is 0.0375 e. The molecule has 0 aliphatic carbocycles. The Bertz CT molecular complexity index is 574. The molecule has 0 saturated heterocycles. The maximum atomic E-state index is 3.61. The van der Waals surface area contributed by atoms with Gasteiger partial charge in [-0.15, -0.1) is 11.3 Å². The fourth-order valence-corrected chi connectivity index (χ4v) is 3.84. The van der Waals surface area contributed by atoms with Crippen LogP contribution in [0.2, 0.25) is 0 Å². The summed E-state index contributed by atoms with van der Waals surface area (Å²) in [4.78, 5) is 1.48. The lowest BCUT2D eigenvalue weighted by molar-refractivity contribution is 0.685. The lowest BCUT2D eigenvalue weighted by atomic mass is 9.97. The molecule has 0 fully saturated rings. The molecule has 2 nitrogen and oxygen atoms in total. The van der Waals surface area contributed by atoms with Crippen LogP contribution in [0.25, 0.3) is 0 Å². The molecule has 1 aromatic carbocycles. The molecule has 2 aromatic rings. The number of fused-ring (bicyclic) bond motifs is 1. The van der Waals surface area contributed by atoms with Gasteiger partial charge in [0.15, 0.2) is 0 Å². The Balaban J connectivity index is 1.64. The minimum Gasteiger partial charge on any atom is -0.385 e. The predicted molar refractivity (Wildman–Crippen MR) is 87.5 cm³/mol. The Morgan fingerprint density at radius 2 is 2.15 bits per heavy atom. The van der Waals surface area contributed by atoms with E-state index in [1.54, 1.807) is 0 Å². The van der Waals surface area contributed by atoms with Crippen LogP contribution < -0.4 is 10.6 Å². The normalized spacial score (nSPS) is 13.8. The summed E-state index contributed by atoms with van der Waals surface area (Å²) in [6.45, 7) is 5.29. The fourth-order valence-electron chi connectivity index (χ4n) is 2.90. The smallest absolute Gasteiger partial charge is 0.0375 e. The average Bonchev–Trinajstić information content (AvgIpc) is 2.95. The largest absolute Gasteiger partial charge is 0.385 e. The Morgan fingerprint density at radius 3 is 3.05 bits per heavy atom. The van der Waals surface area contributed by atoms with Gasteiger partial charge in [0.05, 0.1) is 0 Å². The first-order valence-corrected chi connectivity index (χ1v) is 8.37. The topological polar surface area (TPSA) is 24.1 Å². The van der Waals surface area contributed by atoms with Crippen LogP contribution in [-0.4, -0.2) is 6.54 Å².